The number of nitriles is 1. The molecule has 0 amide bonds. The smallest absolute Gasteiger partial charge is 0.549 e. The quantitative estimate of drug-likeness (QED) is 0.316. The van der Waals surface area contributed by atoms with Crippen LogP contribution in [0.2, 0.25) is 0 Å². The zero-order valence-electron chi connectivity index (χ0n) is 5.25. The zero-order valence-corrected chi connectivity index (χ0v) is 9.19. The maximum absolute atomic E-state index is 9.81. The van der Waals surface area contributed by atoms with E-state index < -0.39 is 11.2 Å². The van der Waals surface area contributed by atoms with Crippen LogP contribution in [-0.2, 0) is 4.79 Å². The van der Waals surface area contributed by atoms with Gasteiger partial charge in [-0.2, -0.15) is 5.26 Å². The van der Waals surface area contributed by atoms with Gasteiger partial charge in [-0.05, 0) is 18.7 Å². The summed E-state index contributed by atoms with van der Waals surface area (Å²) in [6, 6.07) is 0. The minimum Gasteiger partial charge on any atom is -0.549 e. The van der Waals surface area contributed by atoms with Crippen LogP contribution in [0.1, 0.15) is 6.92 Å². The Hall–Kier alpha value is 0.946. The average molecular weight is 169 g/mol. The first-order valence-electron chi connectivity index (χ1n) is 1.94. The summed E-state index contributed by atoms with van der Waals surface area (Å²) in [6.45, 7) is 1.41. The topological polar surface area (TPSA) is 63.9 Å². The molecule has 0 unspecified atom stereocenters. The van der Waals surface area contributed by atoms with Crippen molar-refractivity contribution in [1.29, 1.82) is 5.26 Å². The van der Waals surface area contributed by atoms with Crippen molar-refractivity contribution in [2.24, 2.45) is 0 Å². The SMILES string of the molecule is C[C@@H](SC#N)C(=O)[O-].[K+]. The second kappa shape index (κ2) is 7.06. The third-order valence-corrected chi connectivity index (χ3v) is 1.21. The van der Waals surface area contributed by atoms with Crippen LogP contribution in [0, 0.1) is 10.7 Å². The standard InChI is InChI=1S/C4H5NO2S.K/c1-3(4(6)7)8-2-5;/h3H,1H3,(H,6,7);/q;+1/p-1/t3-;/m1./s1. The summed E-state index contributed by atoms with van der Waals surface area (Å²) in [5.74, 6) is -1.20. The van der Waals surface area contributed by atoms with Gasteiger partial charge in [0.2, 0.25) is 0 Å². The van der Waals surface area contributed by atoms with Crippen LogP contribution in [0.4, 0.5) is 0 Å². The predicted octanol–water partition coefficient (Wildman–Crippen LogP) is -3.66. The Bertz CT molecular complexity index is 133. The van der Waals surface area contributed by atoms with Crippen LogP contribution in [-0.4, -0.2) is 11.2 Å². The van der Waals surface area contributed by atoms with Crippen molar-refractivity contribution in [2.45, 2.75) is 12.2 Å². The third kappa shape index (κ3) is 6.84. The molecule has 0 rings (SSSR count). The molecule has 0 aromatic rings. The Balaban J connectivity index is 0. The Kier molecular flexibility index (Phi) is 9.89. The van der Waals surface area contributed by atoms with Gasteiger partial charge in [0, 0.05) is 0 Å². The van der Waals surface area contributed by atoms with Gasteiger partial charge >= 0.3 is 51.4 Å². The summed E-state index contributed by atoms with van der Waals surface area (Å²) in [5, 5.41) is 18.6. The molecule has 0 aromatic carbocycles. The fraction of sp³-hybridized carbons (Fsp3) is 0.500. The Labute approximate surface area is 100 Å². The predicted molar refractivity (Wildman–Crippen MR) is 27.7 cm³/mol. The van der Waals surface area contributed by atoms with E-state index in [1.807, 2.05) is 0 Å². The number of carbonyl (C=O) groups excluding carboxylic acids is 1. The minimum atomic E-state index is -1.20. The Morgan fingerprint density at radius 3 is 2.44 bits per heavy atom. The molecule has 0 bridgehead atoms. The maximum atomic E-state index is 9.81. The molecule has 3 nitrogen and oxygen atoms in total. The van der Waals surface area contributed by atoms with Gasteiger partial charge in [-0.3, -0.25) is 0 Å². The van der Waals surface area contributed by atoms with Crippen molar-refractivity contribution in [3.8, 4) is 5.40 Å². The van der Waals surface area contributed by atoms with E-state index in [-0.39, 0.29) is 51.4 Å². The number of carboxylic acid groups (broad SMARTS) is 1. The number of nitrogens with zero attached hydrogens (tertiary/aromatic N) is 1. The molecular formula is C4H4KNO2S. The molecule has 9 heavy (non-hydrogen) atoms. The van der Waals surface area contributed by atoms with Crippen LogP contribution in [0.5, 0.6) is 0 Å². The van der Waals surface area contributed by atoms with E-state index in [0.29, 0.717) is 11.8 Å². The molecule has 1 atom stereocenters. The molecule has 0 aromatic heterocycles. The number of carbonyl (C=O) groups is 1. The molecule has 0 saturated carbocycles. The molecule has 0 aliphatic carbocycles. The number of aliphatic carboxylic acids is 1. The summed E-state index contributed by atoms with van der Waals surface area (Å²) in [7, 11) is 0. The minimum absolute atomic E-state index is 0. The molecule has 0 radical (unpaired) electrons. The maximum Gasteiger partial charge on any atom is 1.00 e. The molecule has 0 N–H and O–H groups in total. The summed E-state index contributed by atoms with van der Waals surface area (Å²) < 4.78 is 0. The van der Waals surface area contributed by atoms with Gasteiger partial charge in [0.1, 0.15) is 5.40 Å². The second-order valence-corrected chi connectivity index (χ2v) is 2.30. The normalized spacial score (nSPS) is 10.7. The number of thiocyanates is 1. The van der Waals surface area contributed by atoms with E-state index in [2.05, 4.69) is 0 Å². The first-order valence-corrected chi connectivity index (χ1v) is 2.82. The van der Waals surface area contributed by atoms with E-state index in [9.17, 15) is 9.90 Å². The molecule has 5 heteroatoms. The largest absolute Gasteiger partial charge is 1.00 e. The fourth-order valence-electron chi connectivity index (χ4n) is 0.127. The monoisotopic (exact) mass is 169 g/mol. The van der Waals surface area contributed by atoms with E-state index in [4.69, 9.17) is 5.26 Å². The molecule has 0 fully saturated rings. The van der Waals surface area contributed by atoms with Crippen LogP contribution < -0.4 is 56.5 Å². The molecule has 0 spiro atoms. The van der Waals surface area contributed by atoms with E-state index in [1.54, 1.807) is 5.40 Å². The van der Waals surface area contributed by atoms with Crippen molar-refractivity contribution in [3.05, 3.63) is 0 Å². The number of rotatable bonds is 2. The first kappa shape index (κ1) is 12.6. The zero-order chi connectivity index (χ0) is 6.57. The van der Waals surface area contributed by atoms with Crippen LogP contribution in [0.15, 0.2) is 0 Å². The second-order valence-electron chi connectivity index (χ2n) is 1.17. The van der Waals surface area contributed by atoms with Gasteiger partial charge in [0.15, 0.2) is 0 Å². The molecule has 0 heterocycles. The van der Waals surface area contributed by atoms with Crippen molar-refractivity contribution in [2.75, 3.05) is 0 Å². The van der Waals surface area contributed by atoms with Crippen LogP contribution >= 0.6 is 11.8 Å². The summed E-state index contributed by atoms with van der Waals surface area (Å²) >= 11 is 0.683. The van der Waals surface area contributed by atoms with Gasteiger partial charge < -0.3 is 9.90 Å². The average Bonchev–Trinajstić information content (AvgIpc) is 1.67. The van der Waals surface area contributed by atoms with Gasteiger partial charge in [-0.1, -0.05) is 0 Å². The molecule has 0 aliphatic heterocycles. The van der Waals surface area contributed by atoms with Gasteiger partial charge in [-0.25, -0.2) is 0 Å². The summed E-state index contributed by atoms with van der Waals surface area (Å²) in [6.07, 6.45) is 0. The van der Waals surface area contributed by atoms with Crippen molar-refractivity contribution in [1.82, 2.24) is 0 Å². The molecular weight excluding hydrogens is 165 g/mol. The Morgan fingerprint density at radius 2 is 2.33 bits per heavy atom. The molecule has 44 valence electrons. The number of thioether (sulfide) groups is 1. The van der Waals surface area contributed by atoms with Gasteiger partial charge in [0.25, 0.3) is 0 Å². The molecule has 0 saturated heterocycles. The van der Waals surface area contributed by atoms with Crippen LogP contribution in [0.25, 0.3) is 0 Å². The molecule has 0 aliphatic rings. The Morgan fingerprint density at radius 1 is 1.89 bits per heavy atom. The van der Waals surface area contributed by atoms with Crippen molar-refractivity contribution < 1.29 is 61.3 Å². The van der Waals surface area contributed by atoms with Gasteiger partial charge in [0.05, 0.1) is 11.2 Å². The number of hydrogen-bond acceptors (Lipinski definition) is 4. The van der Waals surface area contributed by atoms with E-state index in [0.717, 1.165) is 0 Å². The summed E-state index contributed by atoms with van der Waals surface area (Å²) in [4.78, 5) is 9.81. The fourth-order valence-corrected chi connectivity index (χ4v) is 0.382. The van der Waals surface area contributed by atoms with E-state index in [1.165, 1.54) is 6.92 Å². The first-order chi connectivity index (χ1) is 3.68. The van der Waals surface area contributed by atoms with Crippen molar-refractivity contribution >= 4 is 17.7 Å². The summed E-state index contributed by atoms with van der Waals surface area (Å²) in [5.41, 5.74) is 0. The number of hydrogen-bond donors (Lipinski definition) is 0. The van der Waals surface area contributed by atoms with E-state index >= 15 is 0 Å². The van der Waals surface area contributed by atoms with Crippen LogP contribution in [0.3, 0.4) is 0 Å². The third-order valence-electron chi connectivity index (χ3n) is 0.561. The van der Waals surface area contributed by atoms with Gasteiger partial charge in [-0.15, -0.1) is 0 Å². The number of carboxylic acids is 1. The van der Waals surface area contributed by atoms with Crippen molar-refractivity contribution in [3.63, 3.8) is 0 Å².